The van der Waals surface area contributed by atoms with Gasteiger partial charge in [-0.3, -0.25) is 4.98 Å². The smallest absolute Gasteiger partial charge is 0.107 e. The summed E-state index contributed by atoms with van der Waals surface area (Å²) >= 11 is 13.3. The van der Waals surface area contributed by atoms with Gasteiger partial charge in [-0.1, -0.05) is 41.4 Å². The quantitative estimate of drug-likeness (QED) is 0.745. The van der Waals surface area contributed by atoms with Crippen molar-refractivity contribution in [3.8, 4) is 0 Å². The largest absolute Gasteiger partial charge is 0.384 e. The Morgan fingerprint density at radius 3 is 2.74 bits per heavy atom. The zero-order chi connectivity index (χ0) is 13.4. The molecular formula is C14H9Cl2NOS. The molecule has 3 rings (SSSR count). The van der Waals surface area contributed by atoms with Crippen molar-refractivity contribution in [3.63, 3.8) is 0 Å². The summed E-state index contributed by atoms with van der Waals surface area (Å²) in [4.78, 5) is 4.11. The first kappa shape index (κ1) is 12.9. The van der Waals surface area contributed by atoms with E-state index >= 15 is 0 Å². The predicted molar refractivity (Wildman–Crippen MR) is 80.1 cm³/mol. The molecular weight excluding hydrogens is 301 g/mol. The summed E-state index contributed by atoms with van der Waals surface area (Å²) in [5.41, 5.74) is 1.41. The monoisotopic (exact) mass is 309 g/mol. The fourth-order valence-corrected chi connectivity index (χ4v) is 3.60. The van der Waals surface area contributed by atoms with Crippen LogP contribution in [0.4, 0.5) is 0 Å². The summed E-state index contributed by atoms with van der Waals surface area (Å²) in [5.74, 6) is 0. The average molecular weight is 310 g/mol. The number of rotatable bonds is 2. The number of hydrogen-bond donors (Lipinski definition) is 1. The van der Waals surface area contributed by atoms with Gasteiger partial charge in [0.05, 0.1) is 4.34 Å². The van der Waals surface area contributed by atoms with E-state index in [1.165, 1.54) is 11.3 Å². The van der Waals surface area contributed by atoms with E-state index in [1.54, 1.807) is 18.5 Å². The minimum atomic E-state index is -0.802. The number of nitrogens with zero attached hydrogens (tertiary/aromatic N) is 1. The van der Waals surface area contributed by atoms with Crippen LogP contribution in [0.25, 0.3) is 10.8 Å². The van der Waals surface area contributed by atoms with E-state index in [-0.39, 0.29) is 0 Å². The Bertz CT molecular complexity index is 736. The molecule has 0 amide bonds. The second-order valence-corrected chi connectivity index (χ2v) is 6.41. The molecule has 1 aromatic carbocycles. The number of hydrogen-bond acceptors (Lipinski definition) is 3. The van der Waals surface area contributed by atoms with Gasteiger partial charge in [0.2, 0.25) is 0 Å². The second-order valence-electron chi connectivity index (χ2n) is 4.13. The van der Waals surface area contributed by atoms with Crippen LogP contribution in [0.1, 0.15) is 17.2 Å². The van der Waals surface area contributed by atoms with E-state index in [1.807, 2.05) is 24.3 Å². The molecule has 0 aliphatic rings. The fourth-order valence-electron chi connectivity index (χ4n) is 2.08. The number of aromatic nitrogens is 1. The highest BCUT2D eigenvalue weighted by molar-refractivity contribution is 7.20. The van der Waals surface area contributed by atoms with Crippen LogP contribution < -0.4 is 0 Å². The van der Waals surface area contributed by atoms with Crippen molar-refractivity contribution in [1.29, 1.82) is 0 Å². The molecule has 2 heterocycles. The molecule has 0 saturated carbocycles. The number of pyridine rings is 1. The molecule has 0 aliphatic carbocycles. The van der Waals surface area contributed by atoms with E-state index < -0.39 is 6.10 Å². The lowest BCUT2D eigenvalue weighted by Crippen LogP contribution is -1.99. The molecule has 0 bridgehead atoms. The number of halogens is 2. The molecule has 2 aromatic heterocycles. The van der Waals surface area contributed by atoms with Crippen LogP contribution in [0.2, 0.25) is 8.67 Å². The van der Waals surface area contributed by atoms with Crippen LogP contribution in [0.3, 0.4) is 0 Å². The maximum absolute atomic E-state index is 10.5. The van der Waals surface area contributed by atoms with E-state index in [0.29, 0.717) is 14.2 Å². The molecule has 1 atom stereocenters. The average Bonchev–Trinajstić information content (AvgIpc) is 2.76. The van der Waals surface area contributed by atoms with Crippen molar-refractivity contribution < 1.29 is 5.11 Å². The van der Waals surface area contributed by atoms with Gasteiger partial charge in [-0.2, -0.15) is 0 Å². The van der Waals surface area contributed by atoms with Crippen molar-refractivity contribution in [2.24, 2.45) is 0 Å². The molecule has 19 heavy (non-hydrogen) atoms. The highest BCUT2D eigenvalue weighted by Gasteiger charge is 2.18. The van der Waals surface area contributed by atoms with Crippen molar-refractivity contribution in [1.82, 2.24) is 4.98 Å². The first-order valence-corrected chi connectivity index (χ1v) is 7.19. The Balaban J connectivity index is 2.16. The van der Waals surface area contributed by atoms with Gasteiger partial charge in [-0.25, -0.2) is 0 Å². The fraction of sp³-hybridized carbons (Fsp3) is 0.0714. The molecule has 96 valence electrons. The third-order valence-electron chi connectivity index (χ3n) is 2.99. The lowest BCUT2D eigenvalue weighted by molar-refractivity contribution is 0.222. The minimum Gasteiger partial charge on any atom is -0.384 e. The molecule has 0 spiro atoms. The summed E-state index contributed by atoms with van der Waals surface area (Å²) in [6.07, 6.45) is 2.67. The normalized spacial score (nSPS) is 12.8. The summed E-state index contributed by atoms with van der Waals surface area (Å²) in [7, 11) is 0. The van der Waals surface area contributed by atoms with Gasteiger partial charge in [0.15, 0.2) is 0 Å². The Morgan fingerprint density at radius 1 is 1.16 bits per heavy atom. The standard InChI is InChI=1S/C14H9Cl2NOS/c15-12-6-10(14(16)19-12)13(18)9-3-1-2-8-4-5-17-7-11(8)9/h1-7,13,18H. The SMILES string of the molecule is OC(c1cc(Cl)sc1Cl)c1cccc2ccncc12. The van der Waals surface area contributed by atoms with E-state index in [0.717, 1.165) is 16.3 Å². The zero-order valence-electron chi connectivity index (χ0n) is 9.68. The molecule has 1 N–H and O–H groups in total. The molecule has 3 aromatic rings. The summed E-state index contributed by atoms with van der Waals surface area (Å²) in [6, 6.07) is 9.37. The van der Waals surface area contributed by atoms with Gasteiger partial charge < -0.3 is 5.11 Å². The van der Waals surface area contributed by atoms with E-state index in [2.05, 4.69) is 4.98 Å². The molecule has 0 radical (unpaired) electrons. The molecule has 5 heteroatoms. The van der Waals surface area contributed by atoms with Crippen molar-refractivity contribution >= 4 is 45.3 Å². The number of aliphatic hydroxyl groups is 1. The maximum atomic E-state index is 10.5. The summed E-state index contributed by atoms with van der Waals surface area (Å²) in [5, 5.41) is 12.5. The summed E-state index contributed by atoms with van der Waals surface area (Å²) in [6.45, 7) is 0. The summed E-state index contributed by atoms with van der Waals surface area (Å²) < 4.78 is 1.08. The van der Waals surface area contributed by atoms with Gasteiger partial charge in [0, 0.05) is 23.3 Å². The number of fused-ring (bicyclic) bond motifs is 1. The Morgan fingerprint density at radius 2 is 2.00 bits per heavy atom. The molecule has 0 aliphatic heterocycles. The third-order valence-corrected chi connectivity index (χ3v) is 4.51. The lowest BCUT2D eigenvalue weighted by atomic mass is 9.99. The molecule has 1 unspecified atom stereocenters. The van der Waals surface area contributed by atoms with Crippen LogP contribution in [0.5, 0.6) is 0 Å². The lowest BCUT2D eigenvalue weighted by Gasteiger charge is -2.12. The Hall–Kier alpha value is -1.13. The van der Waals surface area contributed by atoms with Gasteiger partial charge in [-0.15, -0.1) is 11.3 Å². The van der Waals surface area contributed by atoms with Crippen LogP contribution in [-0.2, 0) is 0 Å². The van der Waals surface area contributed by atoms with Gasteiger partial charge in [0.25, 0.3) is 0 Å². The number of aliphatic hydroxyl groups excluding tert-OH is 1. The predicted octanol–water partition coefficient (Wildman–Crippen LogP) is 4.68. The highest BCUT2D eigenvalue weighted by Crippen LogP contribution is 2.38. The van der Waals surface area contributed by atoms with Gasteiger partial charge >= 0.3 is 0 Å². The topological polar surface area (TPSA) is 33.1 Å². The van der Waals surface area contributed by atoms with Crippen molar-refractivity contribution in [2.45, 2.75) is 6.10 Å². The maximum Gasteiger partial charge on any atom is 0.107 e. The second kappa shape index (κ2) is 5.10. The van der Waals surface area contributed by atoms with Crippen LogP contribution in [0, 0.1) is 0 Å². The van der Waals surface area contributed by atoms with Crippen LogP contribution in [0.15, 0.2) is 42.7 Å². The number of thiophene rings is 1. The Labute approximate surface area is 124 Å². The Kier molecular flexibility index (Phi) is 3.46. The van der Waals surface area contributed by atoms with Crippen molar-refractivity contribution in [3.05, 3.63) is 62.5 Å². The van der Waals surface area contributed by atoms with Gasteiger partial charge in [0.1, 0.15) is 10.4 Å². The highest BCUT2D eigenvalue weighted by atomic mass is 35.5. The molecule has 0 fully saturated rings. The minimum absolute atomic E-state index is 0.512. The van der Waals surface area contributed by atoms with Crippen molar-refractivity contribution in [2.75, 3.05) is 0 Å². The van der Waals surface area contributed by atoms with Gasteiger partial charge in [-0.05, 0) is 23.1 Å². The van der Waals surface area contributed by atoms with E-state index in [4.69, 9.17) is 23.2 Å². The third kappa shape index (κ3) is 2.35. The van der Waals surface area contributed by atoms with E-state index in [9.17, 15) is 5.11 Å². The first-order chi connectivity index (χ1) is 9.16. The first-order valence-electron chi connectivity index (χ1n) is 5.62. The van der Waals surface area contributed by atoms with Crippen LogP contribution in [-0.4, -0.2) is 10.1 Å². The molecule has 2 nitrogen and oxygen atoms in total. The van der Waals surface area contributed by atoms with Crippen LogP contribution >= 0.6 is 34.5 Å². The molecule has 0 saturated heterocycles. The number of benzene rings is 1. The zero-order valence-corrected chi connectivity index (χ0v) is 12.0.